The summed E-state index contributed by atoms with van der Waals surface area (Å²) in [6, 6.07) is 6.57. The Hall–Kier alpha value is -0.700. The first-order chi connectivity index (χ1) is 5.77. The molecule has 64 valence electrons. The summed E-state index contributed by atoms with van der Waals surface area (Å²) in [6.07, 6.45) is -0.0386. The van der Waals surface area contributed by atoms with Gasteiger partial charge in [0.05, 0.1) is 0 Å². The van der Waals surface area contributed by atoms with Gasteiger partial charge in [-0.1, -0.05) is 40.2 Å². The van der Waals surface area contributed by atoms with E-state index in [1.165, 1.54) is 0 Å². The van der Waals surface area contributed by atoms with Crippen LogP contribution in [0, 0.1) is 0 Å². The molecule has 0 unspecified atom stereocenters. The van der Waals surface area contributed by atoms with Gasteiger partial charge >= 0.3 is 0 Å². The van der Waals surface area contributed by atoms with Crippen molar-refractivity contribution in [3.05, 3.63) is 41.7 Å². The lowest BCUT2D eigenvalue weighted by Gasteiger charge is -1.97. The summed E-state index contributed by atoms with van der Waals surface area (Å²) in [6.45, 7) is 0. The second-order valence-corrected chi connectivity index (χ2v) is 2.85. The van der Waals surface area contributed by atoms with E-state index < -0.39 is 5.83 Å². The number of hydrogen-bond acceptors (Lipinski definition) is 0. The lowest BCUT2D eigenvalue weighted by atomic mass is 10.1. The number of halogens is 3. The molecule has 0 aliphatic rings. The summed E-state index contributed by atoms with van der Waals surface area (Å²) in [5.74, 6) is -0.837. The van der Waals surface area contributed by atoms with E-state index in [0.717, 1.165) is 5.56 Å². The van der Waals surface area contributed by atoms with Gasteiger partial charge < -0.3 is 0 Å². The van der Waals surface area contributed by atoms with Gasteiger partial charge in [0.1, 0.15) is 6.33 Å². The molecule has 0 saturated heterocycles. The van der Waals surface area contributed by atoms with Crippen LogP contribution in [0.2, 0.25) is 0 Å². The molecular weight excluding hydrogens is 226 g/mol. The zero-order valence-corrected chi connectivity index (χ0v) is 7.81. The highest BCUT2D eigenvalue weighted by atomic mass is 79.9. The molecule has 0 saturated carbocycles. The molecule has 0 fully saturated rings. The van der Waals surface area contributed by atoms with Crippen LogP contribution in [0.1, 0.15) is 11.1 Å². The summed E-state index contributed by atoms with van der Waals surface area (Å²) < 4.78 is 24.3. The molecule has 3 heteroatoms. The van der Waals surface area contributed by atoms with Crippen molar-refractivity contribution in [3.63, 3.8) is 0 Å². The van der Waals surface area contributed by atoms with Gasteiger partial charge in [0.15, 0.2) is 5.83 Å². The van der Waals surface area contributed by atoms with Crippen LogP contribution >= 0.6 is 15.9 Å². The fourth-order valence-corrected chi connectivity index (χ4v) is 1.19. The van der Waals surface area contributed by atoms with Crippen molar-refractivity contribution in [1.82, 2.24) is 0 Å². The van der Waals surface area contributed by atoms with Crippen molar-refractivity contribution in [2.45, 2.75) is 5.33 Å². The first kappa shape index (κ1) is 9.39. The monoisotopic (exact) mass is 232 g/mol. The molecule has 12 heavy (non-hydrogen) atoms. The molecule has 0 radical (unpaired) electrons. The van der Waals surface area contributed by atoms with Gasteiger partial charge in [0.2, 0.25) is 0 Å². The topological polar surface area (TPSA) is 0 Å². The number of alkyl halides is 1. The van der Waals surface area contributed by atoms with Crippen molar-refractivity contribution in [1.29, 1.82) is 0 Å². The van der Waals surface area contributed by atoms with E-state index in [1.54, 1.807) is 24.3 Å². The maximum Gasteiger partial charge on any atom is 0.158 e. The van der Waals surface area contributed by atoms with Crippen molar-refractivity contribution >= 4 is 21.8 Å². The summed E-state index contributed by atoms with van der Waals surface area (Å²) >= 11 is 3.25. The Labute approximate surface area is 78.0 Å². The van der Waals surface area contributed by atoms with Crippen molar-refractivity contribution in [3.8, 4) is 0 Å². The zero-order chi connectivity index (χ0) is 8.97. The fraction of sp³-hybridized carbons (Fsp3) is 0.111. The van der Waals surface area contributed by atoms with Crippen LogP contribution in [0.25, 0.3) is 5.83 Å². The molecule has 0 amide bonds. The average molecular weight is 233 g/mol. The predicted molar refractivity (Wildman–Crippen MR) is 49.3 cm³/mol. The lowest BCUT2D eigenvalue weighted by Crippen LogP contribution is -1.79. The van der Waals surface area contributed by atoms with E-state index in [-0.39, 0.29) is 11.9 Å². The Morgan fingerprint density at radius 2 is 1.92 bits per heavy atom. The molecule has 0 N–H and O–H groups in total. The largest absolute Gasteiger partial charge is 0.212 e. The van der Waals surface area contributed by atoms with Gasteiger partial charge in [-0.3, -0.25) is 0 Å². The van der Waals surface area contributed by atoms with Gasteiger partial charge in [-0.2, -0.15) is 0 Å². The zero-order valence-electron chi connectivity index (χ0n) is 6.23. The molecule has 0 aromatic heterocycles. The molecule has 0 spiro atoms. The third kappa shape index (κ3) is 2.14. The lowest BCUT2D eigenvalue weighted by molar-refractivity contribution is 0.671. The fourth-order valence-electron chi connectivity index (χ4n) is 0.816. The maximum absolute atomic E-state index is 12.6. The summed E-state index contributed by atoms with van der Waals surface area (Å²) in [7, 11) is 0. The van der Waals surface area contributed by atoms with Crippen molar-refractivity contribution in [2.75, 3.05) is 0 Å². The van der Waals surface area contributed by atoms with E-state index in [2.05, 4.69) is 15.9 Å². The minimum Gasteiger partial charge on any atom is -0.212 e. The Morgan fingerprint density at radius 1 is 1.33 bits per heavy atom. The molecule has 1 aromatic rings. The molecule has 0 atom stereocenters. The van der Waals surface area contributed by atoms with Gasteiger partial charge in [-0.25, -0.2) is 8.78 Å². The summed E-state index contributed by atoms with van der Waals surface area (Å²) in [5.41, 5.74) is 1.30. The summed E-state index contributed by atoms with van der Waals surface area (Å²) in [4.78, 5) is 0. The molecule has 1 rings (SSSR count). The quantitative estimate of drug-likeness (QED) is 0.681. The van der Waals surface area contributed by atoms with E-state index in [0.29, 0.717) is 5.33 Å². The molecule has 0 heterocycles. The van der Waals surface area contributed by atoms with Crippen molar-refractivity contribution in [2.24, 2.45) is 0 Å². The van der Waals surface area contributed by atoms with Gasteiger partial charge in [-0.15, -0.1) is 0 Å². The van der Waals surface area contributed by atoms with Crippen LogP contribution in [-0.4, -0.2) is 0 Å². The number of benzene rings is 1. The van der Waals surface area contributed by atoms with E-state index in [1.807, 2.05) is 0 Å². The van der Waals surface area contributed by atoms with Crippen molar-refractivity contribution < 1.29 is 8.78 Å². The maximum atomic E-state index is 12.6. The predicted octanol–water partition coefficient (Wildman–Crippen LogP) is 3.82. The molecule has 0 aliphatic heterocycles. The highest BCUT2D eigenvalue weighted by molar-refractivity contribution is 9.08. The Kier molecular flexibility index (Phi) is 3.41. The highest BCUT2D eigenvalue weighted by Crippen LogP contribution is 2.17. The van der Waals surface area contributed by atoms with E-state index >= 15 is 0 Å². The molecular formula is C9H7BrF2. The standard InChI is InChI=1S/C9H7BrF2/c10-5-7-1-3-8(4-2-7)9(12)6-11/h1-4,6H,5H2. The molecule has 0 aliphatic carbocycles. The Morgan fingerprint density at radius 3 is 2.33 bits per heavy atom. The number of rotatable bonds is 2. The van der Waals surface area contributed by atoms with Gasteiger partial charge in [-0.05, 0) is 5.56 Å². The first-order valence-corrected chi connectivity index (χ1v) is 4.51. The van der Waals surface area contributed by atoms with Crippen LogP contribution in [0.3, 0.4) is 0 Å². The van der Waals surface area contributed by atoms with E-state index in [9.17, 15) is 8.78 Å². The normalized spacial score (nSPS) is 11.8. The van der Waals surface area contributed by atoms with E-state index in [4.69, 9.17) is 0 Å². The highest BCUT2D eigenvalue weighted by Gasteiger charge is 1.98. The van der Waals surface area contributed by atoms with Crippen LogP contribution in [0.5, 0.6) is 0 Å². The van der Waals surface area contributed by atoms with Gasteiger partial charge in [0.25, 0.3) is 0 Å². The first-order valence-electron chi connectivity index (χ1n) is 3.39. The average Bonchev–Trinajstić information content (AvgIpc) is 2.17. The van der Waals surface area contributed by atoms with Crippen LogP contribution in [0.15, 0.2) is 30.6 Å². The second kappa shape index (κ2) is 4.36. The molecule has 0 nitrogen and oxygen atoms in total. The van der Waals surface area contributed by atoms with Crippen LogP contribution in [-0.2, 0) is 5.33 Å². The van der Waals surface area contributed by atoms with Gasteiger partial charge in [0, 0.05) is 10.9 Å². The Bertz CT molecular complexity index is 277. The molecule has 0 bridgehead atoms. The minimum absolute atomic E-state index is 0.0386. The summed E-state index contributed by atoms with van der Waals surface area (Å²) in [5, 5.41) is 0.717. The minimum atomic E-state index is -0.837. The Balaban J connectivity index is 2.92. The number of hydrogen-bond donors (Lipinski definition) is 0. The smallest absolute Gasteiger partial charge is 0.158 e. The SMILES string of the molecule is FC=C(F)c1ccc(CBr)cc1. The van der Waals surface area contributed by atoms with Crippen LogP contribution < -0.4 is 0 Å². The second-order valence-electron chi connectivity index (χ2n) is 2.29. The van der Waals surface area contributed by atoms with Crippen LogP contribution in [0.4, 0.5) is 8.78 Å². The third-order valence-corrected chi connectivity index (χ3v) is 2.13. The molecule has 1 aromatic carbocycles. The third-order valence-electron chi connectivity index (χ3n) is 1.48.